The van der Waals surface area contributed by atoms with Gasteiger partial charge in [0.25, 0.3) is 0 Å². The molecular weight excluding hydrogens is 462 g/mol. The summed E-state index contributed by atoms with van der Waals surface area (Å²) >= 11 is 0. The standard InChI is InChI=1S/C26H27N5O3S/c1-15(17-5-9-22(10-6-17)35(27,32)33)28-26-30-23-11-8-20(7-4-16-2-3-16)29-24(23)25(31-26)34-21-13-18-12-19(18)14-21/h5-6,8-11,15-16,18-19,21H,2-3,12-14H2,1H3,(H2,27,32,33)(H,28,30,31)/t15-,18-,19+,21-/m1/s1. The molecule has 35 heavy (non-hydrogen) atoms. The average molecular weight is 490 g/mol. The molecule has 3 aliphatic rings. The third-order valence-corrected chi connectivity index (χ3v) is 7.95. The predicted octanol–water partition coefficient (Wildman–Crippen LogP) is 3.78. The normalized spacial score (nSPS) is 23.8. The molecule has 3 aliphatic carbocycles. The summed E-state index contributed by atoms with van der Waals surface area (Å²) in [5.41, 5.74) is 2.90. The second kappa shape index (κ2) is 8.47. The van der Waals surface area contributed by atoms with E-state index >= 15 is 0 Å². The number of rotatable bonds is 6. The van der Waals surface area contributed by atoms with Gasteiger partial charge in [0, 0.05) is 5.92 Å². The van der Waals surface area contributed by atoms with E-state index in [0.717, 1.165) is 30.2 Å². The molecule has 0 aliphatic heterocycles. The summed E-state index contributed by atoms with van der Waals surface area (Å²) in [5, 5.41) is 8.53. The van der Waals surface area contributed by atoms with E-state index < -0.39 is 10.0 Å². The van der Waals surface area contributed by atoms with Crippen molar-refractivity contribution in [3.63, 3.8) is 0 Å². The summed E-state index contributed by atoms with van der Waals surface area (Å²) in [5.74, 6) is 9.42. The highest BCUT2D eigenvalue weighted by atomic mass is 32.2. The largest absolute Gasteiger partial charge is 0.473 e. The molecule has 8 nitrogen and oxygen atoms in total. The molecule has 2 aromatic heterocycles. The molecule has 9 heteroatoms. The first-order valence-corrected chi connectivity index (χ1v) is 13.6. The maximum Gasteiger partial charge on any atom is 0.245 e. The van der Waals surface area contributed by atoms with Crippen LogP contribution in [-0.4, -0.2) is 29.5 Å². The van der Waals surface area contributed by atoms with Crippen LogP contribution in [0.4, 0.5) is 5.95 Å². The predicted molar refractivity (Wildman–Crippen MR) is 132 cm³/mol. The number of primary sulfonamides is 1. The summed E-state index contributed by atoms with van der Waals surface area (Å²) in [7, 11) is -3.73. The third kappa shape index (κ3) is 4.95. The molecule has 3 N–H and O–H groups in total. The number of nitrogens with one attached hydrogen (secondary N) is 1. The summed E-state index contributed by atoms with van der Waals surface area (Å²) in [6, 6.07) is 10.1. The molecule has 0 radical (unpaired) electrons. The van der Waals surface area contributed by atoms with Gasteiger partial charge in [0.2, 0.25) is 21.9 Å². The molecule has 4 atom stereocenters. The topological polar surface area (TPSA) is 120 Å². The Hall–Kier alpha value is -3.22. The number of nitrogens with two attached hydrogens (primary N) is 1. The van der Waals surface area contributed by atoms with Crippen LogP contribution in [0.2, 0.25) is 0 Å². The fraction of sp³-hybridized carbons (Fsp3) is 0.423. The molecular formula is C26H27N5O3S. The Kier molecular flexibility index (Phi) is 5.38. The Labute approximate surface area is 204 Å². The van der Waals surface area contributed by atoms with Crippen LogP contribution < -0.4 is 15.2 Å². The van der Waals surface area contributed by atoms with E-state index in [1.54, 1.807) is 12.1 Å². The minimum Gasteiger partial charge on any atom is -0.473 e. The van der Waals surface area contributed by atoms with Gasteiger partial charge in [-0.1, -0.05) is 18.1 Å². The Bertz CT molecular complexity index is 1450. The van der Waals surface area contributed by atoms with Gasteiger partial charge in [0.1, 0.15) is 11.8 Å². The van der Waals surface area contributed by atoms with Crippen molar-refractivity contribution >= 4 is 27.0 Å². The van der Waals surface area contributed by atoms with Crippen molar-refractivity contribution in [1.82, 2.24) is 15.0 Å². The van der Waals surface area contributed by atoms with Crippen molar-refractivity contribution in [2.75, 3.05) is 5.32 Å². The van der Waals surface area contributed by atoms with Crippen LogP contribution >= 0.6 is 0 Å². The van der Waals surface area contributed by atoms with Gasteiger partial charge in [-0.2, -0.15) is 4.98 Å². The molecule has 3 saturated carbocycles. The zero-order chi connectivity index (χ0) is 24.2. The number of sulfonamides is 1. The third-order valence-electron chi connectivity index (χ3n) is 7.02. The molecule has 6 rings (SSSR count). The average Bonchev–Trinajstić information content (AvgIpc) is 3.76. The van der Waals surface area contributed by atoms with Gasteiger partial charge >= 0.3 is 0 Å². The summed E-state index contributed by atoms with van der Waals surface area (Å²) in [6.45, 7) is 1.96. The van der Waals surface area contributed by atoms with E-state index in [1.165, 1.54) is 31.4 Å². The van der Waals surface area contributed by atoms with Gasteiger partial charge in [-0.3, -0.25) is 0 Å². The molecule has 3 fully saturated rings. The van der Waals surface area contributed by atoms with Crippen LogP contribution in [0.3, 0.4) is 0 Å². The van der Waals surface area contributed by atoms with Crippen LogP contribution in [0.1, 0.15) is 56.3 Å². The maximum atomic E-state index is 11.5. The second-order valence-corrected chi connectivity index (χ2v) is 11.5. The van der Waals surface area contributed by atoms with Gasteiger partial charge in [-0.15, -0.1) is 0 Å². The van der Waals surface area contributed by atoms with Gasteiger partial charge in [0.15, 0.2) is 5.52 Å². The van der Waals surface area contributed by atoms with Gasteiger partial charge < -0.3 is 10.1 Å². The zero-order valence-electron chi connectivity index (χ0n) is 19.4. The van der Waals surface area contributed by atoms with E-state index in [4.69, 9.17) is 19.8 Å². The van der Waals surface area contributed by atoms with Crippen molar-refractivity contribution in [2.45, 2.75) is 56.1 Å². The van der Waals surface area contributed by atoms with Gasteiger partial charge in [-0.25, -0.2) is 23.5 Å². The zero-order valence-corrected chi connectivity index (χ0v) is 20.3. The summed E-state index contributed by atoms with van der Waals surface area (Å²) in [6.07, 6.45) is 5.92. The van der Waals surface area contributed by atoms with E-state index in [-0.39, 0.29) is 17.0 Å². The number of fused-ring (bicyclic) bond motifs is 2. The lowest BCUT2D eigenvalue weighted by Gasteiger charge is -2.18. The highest BCUT2D eigenvalue weighted by Gasteiger charge is 2.47. The van der Waals surface area contributed by atoms with Crippen molar-refractivity contribution in [1.29, 1.82) is 0 Å². The van der Waals surface area contributed by atoms with Crippen LogP contribution in [0, 0.1) is 29.6 Å². The fourth-order valence-electron chi connectivity index (χ4n) is 4.74. The van der Waals surface area contributed by atoms with Crippen LogP contribution in [-0.2, 0) is 10.0 Å². The molecule has 2 heterocycles. The molecule has 1 aromatic carbocycles. The van der Waals surface area contributed by atoms with Gasteiger partial charge in [0.05, 0.1) is 16.5 Å². The molecule has 0 bridgehead atoms. The quantitative estimate of drug-likeness (QED) is 0.506. The first-order valence-electron chi connectivity index (χ1n) is 12.1. The monoisotopic (exact) mass is 489 g/mol. The number of pyridine rings is 1. The number of nitrogens with zero attached hydrogens (tertiary/aromatic N) is 3. The number of hydrogen-bond acceptors (Lipinski definition) is 7. The Morgan fingerprint density at radius 3 is 2.46 bits per heavy atom. The number of hydrogen-bond donors (Lipinski definition) is 2. The smallest absolute Gasteiger partial charge is 0.245 e. The highest BCUT2D eigenvalue weighted by molar-refractivity contribution is 7.89. The first-order chi connectivity index (χ1) is 16.8. The Morgan fingerprint density at radius 1 is 1.03 bits per heavy atom. The van der Waals surface area contributed by atoms with Gasteiger partial charge in [-0.05, 0) is 86.6 Å². The fourth-order valence-corrected chi connectivity index (χ4v) is 5.26. The van der Waals surface area contributed by atoms with Crippen LogP contribution in [0.15, 0.2) is 41.3 Å². The summed E-state index contributed by atoms with van der Waals surface area (Å²) < 4.78 is 29.5. The number of ether oxygens (including phenoxy) is 1. The van der Waals surface area contributed by atoms with Crippen molar-refractivity contribution < 1.29 is 13.2 Å². The molecule has 3 aromatic rings. The van der Waals surface area contributed by atoms with Crippen molar-refractivity contribution in [3.8, 4) is 17.7 Å². The number of anilines is 1. The number of benzene rings is 1. The van der Waals surface area contributed by atoms with E-state index in [1.807, 2.05) is 19.1 Å². The molecule has 0 amide bonds. The minimum atomic E-state index is -3.73. The lowest BCUT2D eigenvalue weighted by Crippen LogP contribution is -2.17. The maximum absolute atomic E-state index is 11.5. The van der Waals surface area contributed by atoms with E-state index in [0.29, 0.717) is 34.5 Å². The van der Waals surface area contributed by atoms with Crippen molar-refractivity contribution in [3.05, 3.63) is 47.7 Å². The molecule has 0 saturated heterocycles. The van der Waals surface area contributed by atoms with E-state index in [9.17, 15) is 8.42 Å². The Morgan fingerprint density at radius 2 is 1.77 bits per heavy atom. The summed E-state index contributed by atoms with van der Waals surface area (Å²) in [4.78, 5) is 14.2. The molecule has 180 valence electrons. The van der Waals surface area contributed by atoms with Crippen LogP contribution in [0.5, 0.6) is 5.88 Å². The Balaban J connectivity index is 1.29. The number of aromatic nitrogens is 3. The second-order valence-electron chi connectivity index (χ2n) is 9.91. The van der Waals surface area contributed by atoms with Crippen molar-refractivity contribution in [2.24, 2.45) is 22.9 Å². The van der Waals surface area contributed by atoms with Crippen LogP contribution in [0.25, 0.3) is 11.0 Å². The molecule has 0 spiro atoms. The highest BCUT2D eigenvalue weighted by Crippen LogP contribution is 2.52. The van der Waals surface area contributed by atoms with E-state index in [2.05, 4.69) is 22.1 Å². The molecule has 0 unspecified atom stereocenters. The minimum absolute atomic E-state index is 0.0763. The lowest BCUT2D eigenvalue weighted by atomic mass is 10.1. The lowest BCUT2D eigenvalue weighted by molar-refractivity contribution is 0.189. The SMILES string of the molecule is C[C@@H](Nc1nc(O[C@H]2C[C@@H]3C[C@@H]3C2)c2nc(C#CC3CC3)ccc2n1)c1ccc(S(N)(=O)=O)cc1. The first kappa shape index (κ1) is 22.3.